The summed E-state index contributed by atoms with van der Waals surface area (Å²) in [5.74, 6) is 0.659. The maximum absolute atomic E-state index is 13.3. The van der Waals surface area contributed by atoms with Crippen LogP contribution in [0.25, 0.3) is 0 Å². The van der Waals surface area contributed by atoms with Gasteiger partial charge in [0.05, 0.1) is 19.1 Å². The van der Waals surface area contributed by atoms with Crippen molar-refractivity contribution in [3.63, 3.8) is 0 Å². The van der Waals surface area contributed by atoms with Crippen LogP contribution in [0.15, 0.2) is 60.8 Å². The summed E-state index contributed by atoms with van der Waals surface area (Å²) in [4.78, 5) is 28.1. The molecule has 4 rings (SSSR count). The molecule has 7 heteroatoms. The molecule has 0 spiro atoms. The number of amides is 2. The molecule has 0 aliphatic carbocycles. The van der Waals surface area contributed by atoms with Crippen molar-refractivity contribution >= 4 is 23.3 Å². The van der Waals surface area contributed by atoms with E-state index in [1.54, 1.807) is 36.0 Å². The molecule has 2 unspecified atom stereocenters. The summed E-state index contributed by atoms with van der Waals surface area (Å²) in [7, 11) is 3.41. The zero-order valence-corrected chi connectivity index (χ0v) is 17.9. The fourth-order valence-electron chi connectivity index (χ4n) is 4.06. The molecule has 1 aliphatic rings. The van der Waals surface area contributed by atoms with E-state index in [4.69, 9.17) is 4.74 Å². The standard InChI is InChI=1S/C24H26N4O3/c1-16-4-8-18(9-5-16)28-22(29)13-12-20(24(30)25-21-14-15-27(2)26-21)23(28)17-6-10-19(31-3)11-7-17/h4-11,14-15,20,23H,12-13H2,1-3H3,(H,25,26,30). The van der Waals surface area contributed by atoms with E-state index in [0.29, 0.717) is 18.7 Å². The van der Waals surface area contributed by atoms with Gasteiger partial charge in [-0.1, -0.05) is 29.8 Å². The Morgan fingerprint density at radius 2 is 1.81 bits per heavy atom. The van der Waals surface area contributed by atoms with Crippen molar-refractivity contribution in [3.05, 3.63) is 71.9 Å². The van der Waals surface area contributed by atoms with Gasteiger partial charge in [-0.15, -0.1) is 0 Å². The average molecular weight is 418 g/mol. The zero-order chi connectivity index (χ0) is 22.0. The Hall–Kier alpha value is -3.61. The number of rotatable bonds is 5. The van der Waals surface area contributed by atoms with Gasteiger partial charge >= 0.3 is 0 Å². The first-order valence-electron chi connectivity index (χ1n) is 10.3. The van der Waals surface area contributed by atoms with Crippen LogP contribution in [0.1, 0.15) is 30.0 Å². The van der Waals surface area contributed by atoms with E-state index in [-0.39, 0.29) is 11.8 Å². The van der Waals surface area contributed by atoms with Crippen molar-refractivity contribution in [1.82, 2.24) is 9.78 Å². The molecule has 1 fully saturated rings. The maximum atomic E-state index is 13.3. The van der Waals surface area contributed by atoms with Crippen LogP contribution >= 0.6 is 0 Å². The number of carbonyl (C=O) groups is 2. The number of ether oxygens (including phenoxy) is 1. The van der Waals surface area contributed by atoms with Crippen LogP contribution in [0.4, 0.5) is 11.5 Å². The third kappa shape index (κ3) is 4.30. The molecular weight excluding hydrogens is 392 g/mol. The molecule has 3 aromatic rings. The van der Waals surface area contributed by atoms with Gasteiger partial charge in [-0.3, -0.25) is 14.3 Å². The van der Waals surface area contributed by atoms with Gasteiger partial charge in [-0.05, 0) is 43.2 Å². The van der Waals surface area contributed by atoms with E-state index in [1.165, 1.54) is 0 Å². The van der Waals surface area contributed by atoms with Gasteiger partial charge < -0.3 is 15.0 Å². The van der Waals surface area contributed by atoms with Crippen LogP contribution in [0, 0.1) is 12.8 Å². The Morgan fingerprint density at radius 1 is 1.10 bits per heavy atom. The molecule has 7 nitrogen and oxygen atoms in total. The lowest BCUT2D eigenvalue weighted by molar-refractivity contribution is -0.125. The number of hydrogen-bond acceptors (Lipinski definition) is 4. The highest BCUT2D eigenvalue weighted by molar-refractivity contribution is 6.00. The lowest BCUT2D eigenvalue weighted by atomic mass is 9.83. The van der Waals surface area contributed by atoms with Gasteiger partial charge in [0.2, 0.25) is 11.8 Å². The predicted octanol–water partition coefficient (Wildman–Crippen LogP) is 3.86. The molecule has 2 aromatic carbocycles. The predicted molar refractivity (Wildman–Crippen MR) is 119 cm³/mol. The molecule has 1 saturated heterocycles. The van der Waals surface area contributed by atoms with Crippen molar-refractivity contribution in [3.8, 4) is 5.75 Å². The highest BCUT2D eigenvalue weighted by Crippen LogP contribution is 2.41. The Morgan fingerprint density at radius 3 is 2.42 bits per heavy atom. The fourth-order valence-corrected chi connectivity index (χ4v) is 4.06. The number of piperidine rings is 1. The maximum Gasteiger partial charge on any atom is 0.231 e. The van der Waals surface area contributed by atoms with Crippen molar-refractivity contribution in [1.29, 1.82) is 0 Å². The quantitative estimate of drug-likeness (QED) is 0.683. The van der Waals surface area contributed by atoms with E-state index in [0.717, 1.165) is 22.6 Å². The molecule has 0 bridgehead atoms. The number of methoxy groups -OCH3 is 1. The highest BCUT2D eigenvalue weighted by atomic mass is 16.5. The SMILES string of the molecule is COc1ccc(C2C(C(=O)Nc3ccn(C)n3)CCC(=O)N2c2ccc(C)cc2)cc1. The van der Waals surface area contributed by atoms with E-state index >= 15 is 0 Å². The first kappa shape index (κ1) is 20.7. The summed E-state index contributed by atoms with van der Waals surface area (Å²) in [5.41, 5.74) is 2.78. The van der Waals surface area contributed by atoms with Gasteiger partial charge in [0.25, 0.3) is 0 Å². The summed E-state index contributed by atoms with van der Waals surface area (Å²) in [5, 5.41) is 7.17. The van der Waals surface area contributed by atoms with E-state index in [2.05, 4.69) is 10.4 Å². The molecule has 1 aliphatic heterocycles. The summed E-state index contributed by atoms with van der Waals surface area (Å²) < 4.78 is 6.93. The van der Waals surface area contributed by atoms with Gasteiger partial charge in [0, 0.05) is 31.4 Å². The second-order valence-corrected chi connectivity index (χ2v) is 7.83. The normalized spacial score (nSPS) is 18.7. The molecule has 0 saturated carbocycles. The topological polar surface area (TPSA) is 76.5 Å². The number of aryl methyl sites for hydroxylation is 2. The minimum absolute atomic E-state index is 0.00607. The minimum Gasteiger partial charge on any atom is -0.497 e. The number of aromatic nitrogens is 2. The smallest absolute Gasteiger partial charge is 0.231 e. The Bertz CT molecular complexity index is 1070. The number of hydrogen-bond donors (Lipinski definition) is 1. The van der Waals surface area contributed by atoms with E-state index in [9.17, 15) is 9.59 Å². The average Bonchev–Trinajstić information content (AvgIpc) is 3.18. The minimum atomic E-state index is -0.432. The molecule has 2 amide bonds. The van der Waals surface area contributed by atoms with Crippen LogP contribution in [-0.4, -0.2) is 28.7 Å². The fraction of sp³-hybridized carbons (Fsp3) is 0.292. The van der Waals surface area contributed by atoms with Crippen LogP contribution in [-0.2, 0) is 16.6 Å². The van der Waals surface area contributed by atoms with Crippen LogP contribution in [0.5, 0.6) is 5.75 Å². The molecule has 1 aromatic heterocycles. The number of carbonyl (C=O) groups excluding carboxylic acids is 2. The highest BCUT2D eigenvalue weighted by Gasteiger charge is 2.41. The number of anilines is 2. The molecule has 0 radical (unpaired) electrons. The Labute approximate surface area is 181 Å². The summed E-state index contributed by atoms with van der Waals surface area (Å²) >= 11 is 0. The van der Waals surface area contributed by atoms with Crippen LogP contribution in [0.3, 0.4) is 0 Å². The largest absolute Gasteiger partial charge is 0.497 e. The summed E-state index contributed by atoms with van der Waals surface area (Å²) in [6.45, 7) is 2.01. The first-order valence-corrected chi connectivity index (χ1v) is 10.3. The third-order valence-electron chi connectivity index (χ3n) is 5.67. The molecule has 160 valence electrons. The van der Waals surface area contributed by atoms with Crippen molar-refractivity contribution in [2.75, 3.05) is 17.3 Å². The Balaban J connectivity index is 1.73. The summed E-state index contributed by atoms with van der Waals surface area (Å²) in [6, 6.07) is 16.7. The van der Waals surface area contributed by atoms with Gasteiger partial charge in [0.1, 0.15) is 5.75 Å². The Kier molecular flexibility index (Phi) is 5.75. The van der Waals surface area contributed by atoms with Crippen molar-refractivity contribution in [2.45, 2.75) is 25.8 Å². The number of benzene rings is 2. The monoisotopic (exact) mass is 418 g/mol. The van der Waals surface area contributed by atoms with E-state index < -0.39 is 12.0 Å². The summed E-state index contributed by atoms with van der Waals surface area (Å²) in [6.07, 6.45) is 2.55. The van der Waals surface area contributed by atoms with Crippen LogP contribution < -0.4 is 15.0 Å². The molecule has 2 atom stereocenters. The molecule has 1 N–H and O–H groups in total. The van der Waals surface area contributed by atoms with Crippen molar-refractivity contribution < 1.29 is 14.3 Å². The lowest BCUT2D eigenvalue weighted by Gasteiger charge is -2.40. The first-order chi connectivity index (χ1) is 15.0. The van der Waals surface area contributed by atoms with Gasteiger partial charge in [-0.2, -0.15) is 5.10 Å². The van der Waals surface area contributed by atoms with E-state index in [1.807, 2.05) is 55.5 Å². The van der Waals surface area contributed by atoms with Crippen LogP contribution in [0.2, 0.25) is 0 Å². The van der Waals surface area contributed by atoms with Crippen molar-refractivity contribution in [2.24, 2.45) is 13.0 Å². The third-order valence-corrected chi connectivity index (χ3v) is 5.67. The lowest BCUT2D eigenvalue weighted by Crippen LogP contribution is -2.47. The molecule has 2 heterocycles. The zero-order valence-electron chi connectivity index (χ0n) is 17.9. The number of nitrogens with zero attached hydrogens (tertiary/aromatic N) is 3. The van der Waals surface area contributed by atoms with Gasteiger partial charge in [0.15, 0.2) is 5.82 Å². The second-order valence-electron chi connectivity index (χ2n) is 7.83. The van der Waals surface area contributed by atoms with Gasteiger partial charge in [-0.25, -0.2) is 0 Å². The molecule has 31 heavy (non-hydrogen) atoms. The second kappa shape index (κ2) is 8.63. The number of nitrogens with one attached hydrogen (secondary N) is 1. The molecular formula is C24H26N4O3.